The summed E-state index contributed by atoms with van der Waals surface area (Å²) in [6.45, 7) is 1.89. The van der Waals surface area contributed by atoms with E-state index < -0.39 is 16.1 Å². The van der Waals surface area contributed by atoms with E-state index in [9.17, 15) is 13.5 Å². The Hall–Kier alpha value is -1.69. The predicted octanol–water partition coefficient (Wildman–Crippen LogP) is 2.22. The van der Waals surface area contributed by atoms with Crippen LogP contribution in [0.3, 0.4) is 0 Å². The van der Waals surface area contributed by atoms with Gasteiger partial charge in [0.25, 0.3) is 0 Å². The molecule has 0 saturated heterocycles. The van der Waals surface area contributed by atoms with Crippen LogP contribution in [0.1, 0.15) is 24.2 Å². The summed E-state index contributed by atoms with van der Waals surface area (Å²) < 4.78 is 26.8. The van der Waals surface area contributed by atoms with Crippen LogP contribution >= 0.6 is 0 Å². The lowest BCUT2D eigenvalue weighted by Crippen LogP contribution is -2.23. The molecular formula is C15H17NO3S. The van der Waals surface area contributed by atoms with Crippen molar-refractivity contribution in [1.82, 2.24) is 4.72 Å². The first kappa shape index (κ1) is 14.7. The van der Waals surface area contributed by atoms with Crippen LogP contribution in [-0.4, -0.2) is 13.5 Å². The number of rotatable bonds is 5. The minimum atomic E-state index is -3.53. The minimum absolute atomic E-state index is 0.192. The van der Waals surface area contributed by atoms with Gasteiger partial charge in [0.15, 0.2) is 0 Å². The van der Waals surface area contributed by atoms with Gasteiger partial charge in [-0.15, -0.1) is 0 Å². The standard InChI is InChI=1S/C15H17NO3S/c1-12(17)14-7-9-15(10-8-14)20(18,19)16-11-13-5-3-2-4-6-13/h2-10,12,16-17H,11H2,1H3. The SMILES string of the molecule is CC(O)c1ccc(S(=O)(=O)NCc2ccccc2)cc1. The van der Waals surface area contributed by atoms with Crippen molar-refractivity contribution >= 4 is 10.0 Å². The molecular weight excluding hydrogens is 274 g/mol. The smallest absolute Gasteiger partial charge is 0.240 e. The molecule has 2 aromatic carbocycles. The molecule has 2 aromatic rings. The lowest BCUT2D eigenvalue weighted by Gasteiger charge is -2.09. The minimum Gasteiger partial charge on any atom is -0.389 e. The van der Waals surface area contributed by atoms with Crippen LogP contribution in [0.2, 0.25) is 0 Å². The summed E-state index contributed by atoms with van der Waals surface area (Å²) in [5.74, 6) is 0. The summed E-state index contributed by atoms with van der Waals surface area (Å²) in [5, 5.41) is 9.40. The molecule has 0 aromatic heterocycles. The fraction of sp³-hybridized carbons (Fsp3) is 0.200. The van der Waals surface area contributed by atoms with Gasteiger partial charge in [-0.2, -0.15) is 0 Å². The average Bonchev–Trinajstić information content (AvgIpc) is 2.46. The summed E-state index contributed by atoms with van der Waals surface area (Å²) in [6, 6.07) is 15.5. The van der Waals surface area contributed by atoms with E-state index in [0.29, 0.717) is 5.56 Å². The third-order valence-corrected chi connectivity index (χ3v) is 4.40. The van der Waals surface area contributed by atoms with Crippen LogP contribution in [0.4, 0.5) is 0 Å². The highest BCUT2D eigenvalue weighted by molar-refractivity contribution is 7.89. The van der Waals surface area contributed by atoms with Gasteiger partial charge in [0.05, 0.1) is 11.0 Å². The van der Waals surface area contributed by atoms with Crippen molar-refractivity contribution in [3.8, 4) is 0 Å². The molecule has 20 heavy (non-hydrogen) atoms. The number of hydrogen-bond acceptors (Lipinski definition) is 3. The fourth-order valence-electron chi connectivity index (χ4n) is 1.78. The van der Waals surface area contributed by atoms with Gasteiger partial charge in [-0.1, -0.05) is 42.5 Å². The molecule has 1 atom stereocenters. The van der Waals surface area contributed by atoms with Crippen molar-refractivity contribution in [2.24, 2.45) is 0 Å². The molecule has 0 heterocycles. The van der Waals surface area contributed by atoms with Gasteiger partial charge in [-0.25, -0.2) is 13.1 Å². The first-order valence-electron chi connectivity index (χ1n) is 6.30. The van der Waals surface area contributed by atoms with Crippen LogP contribution in [-0.2, 0) is 16.6 Å². The Labute approximate surface area is 119 Å². The van der Waals surface area contributed by atoms with Crippen molar-refractivity contribution in [3.63, 3.8) is 0 Å². The van der Waals surface area contributed by atoms with Crippen LogP contribution in [0.25, 0.3) is 0 Å². The van der Waals surface area contributed by atoms with Crippen molar-refractivity contribution in [3.05, 3.63) is 65.7 Å². The molecule has 0 radical (unpaired) electrons. The van der Waals surface area contributed by atoms with Gasteiger partial charge >= 0.3 is 0 Å². The monoisotopic (exact) mass is 291 g/mol. The van der Waals surface area contributed by atoms with Crippen molar-refractivity contribution in [2.75, 3.05) is 0 Å². The predicted molar refractivity (Wildman–Crippen MR) is 77.5 cm³/mol. The van der Waals surface area contributed by atoms with Crippen molar-refractivity contribution in [1.29, 1.82) is 0 Å². The molecule has 2 N–H and O–H groups in total. The first-order valence-corrected chi connectivity index (χ1v) is 7.79. The molecule has 0 spiro atoms. The summed E-state index contributed by atoms with van der Waals surface area (Å²) in [5.41, 5.74) is 1.59. The highest BCUT2D eigenvalue weighted by Crippen LogP contribution is 2.16. The molecule has 0 amide bonds. The van der Waals surface area contributed by atoms with E-state index >= 15 is 0 Å². The number of hydrogen-bond donors (Lipinski definition) is 2. The van der Waals surface area contributed by atoms with Crippen LogP contribution in [0.15, 0.2) is 59.5 Å². The average molecular weight is 291 g/mol. The number of benzene rings is 2. The second-order valence-electron chi connectivity index (χ2n) is 4.56. The first-order chi connectivity index (χ1) is 9.49. The Balaban J connectivity index is 2.10. The Bertz CT molecular complexity index is 649. The van der Waals surface area contributed by atoms with Crippen molar-refractivity contribution in [2.45, 2.75) is 24.5 Å². The Morgan fingerprint density at radius 3 is 2.20 bits per heavy atom. The van der Waals surface area contributed by atoms with E-state index in [-0.39, 0.29) is 11.4 Å². The molecule has 4 nitrogen and oxygen atoms in total. The zero-order chi connectivity index (χ0) is 14.6. The largest absolute Gasteiger partial charge is 0.389 e. The third-order valence-electron chi connectivity index (χ3n) is 2.98. The maximum atomic E-state index is 12.1. The van der Waals surface area contributed by atoms with Gasteiger partial charge < -0.3 is 5.11 Å². The number of nitrogens with one attached hydrogen (secondary N) is 1. The third kappa shape index (κ3) is 3.66. The molecule has 0 aliphatic carbocycles. The highest BCUT2D eigenvalue weighted by Gasteiger charge is 2.13. The summed E-state index contributed by atoms with van der Waals surface area (Å²) >= 11 is 0. The molecule has 0 aliphatic heterocycles. The van der Waals surface area contributed by atoms with Gasteiger partial charge in [0, 0.05) is 6.54 Å². The zero-order valence-electron chi connectivity index (χ0n) is 11.2. The number of aliphatic hydroxyl groups excluding tert-OH is 1. The van der Waals surface area contributed by atoms with E-state index in [2.05, 4.69) is 4.72 Å². The van der Waals surface area contributed by atoms with Crippen molar-refractivity contribution < 1.29 is 13.5 Å². The normalized spacial score (nSPS) is 13.1. The Morgan fingerprint density at radius 1 is 1.05 bits per heavy atom. The summed E-state index contributed by atoms with van der Waals surface area (Å²) in [7, 11) is -3.53. The van der Waals surface area contributed by atoms with Crippen LogP contribution in [0, 0.1) is 0 Å². The molecule has 0 aliphatic rings. The topological polar surface area (TPSA) is 66.4 Å². The lowest BCUT2D eigenvalue weighted by atomic mass is 10.1. The van der Waals surface area contributed by atoms with E-state index in [1.54, 1.807) is 19.1 Å². The van der Waals surface area contributed by atoms with Crippen LogP contribution in [0.5, 0.6) is 0 Å². The quantitative estimate of drug-likeness (QED) is 0.887. The van der Waals surface area contributed by atoms with E-state index in [4.69, 9.17) is 0 Å². The number of sulfonamides is 1. The van der Waals surface area contributed by atoms with E-state index in [1.165, 1.54) is 12.1 Å². The molecule has 0 bridgehead atoms. The van der Waals surface area contributed by atoms with E-state index in [1.807, 2.05) is 30.3 Å². The lowest BCUT2D eigenvalue weighted by molar-refractivity contribution is 0.199. The Morgan fingerprint density at radius 2 is 1.65 bits per heavy atom. The zero-order valence-corrected chi connectivity index (χ0v) is 12.0. The molecule has 1 unspecified atom stereocenters. The van der Waals surface area contributed by atoms with Gasteiger partial charge in [0.1, 0.15) is 0 Å². The summed E-state index contributed by atoms with van der Waals surface area (Å²) in [6.07, 6.45) is -0.607. The number of aliphatic hydroxyl groups is 1. The second kappa shape index (κ2) is 6.17. The van der Waals surface area contributed by atoms with Gasteiger partial charge in [0.2, 0.25) is 10.0 Å². The summed E-state index contributed by atoms with van der Waals surface area (Å²) in [4.78, 5) is 0.192. The molecule has 2 rings (SSSR count). The van der Waals surface area contributed by atoms with E-state index in [0.717, 1.165) is 5.56 Å². The Kier molecular flexibility index (Phi) is 4.54. The molecule has 106 valence electrons. The molecule has 0 fully saturated rings. The fourth-order valence-corrected chi connectivity index (χ4v) is 2.80. The maximum Gasteiger partial charge on any atom is 0.240 e. The molecule has 5 heteroatoms. The molecule has 0 saturated carbocycles. The van der Waals surface area contributed by atoms with Gasteiger partial charge in [-0.3, -0.25) is 0 Å². The second-order valence-corrected chi connectivity index (χ2v) is 6.32. The van der Waals surface area contributed by atoms with Gasteiger partial charge in [-0.05, 0) is 30.2 Å². The van der Waals surface area contributed by atoms with Crippen LogP contribution < -0.4 is 4.72 Å². The maximum absolute atomic E-state index is 12.1. The highest BCUT2D eigenvalue weighted by atomic mass is 32.2.